The first-order valence-corrected chi connectivity index (χ1v) is 6.57. The molecular weight excluding hydrogens is 252 g/mol. The van der Waals surface area contributed by atoms with Gasteiger partial charge in [0.15, 0.2) is 5.76 Å². The Morgan fingerprint density at radius 3 is 2.67 bits per heavy atom. The molecule has 0 saturated carbocycles. The van der Waals surface area contributed by atoms with Crippen molar-refractivity contribution in [1.82, 2.24) is 15.0 Å². The Bertz CT molecular complexity index is 432. The van der Waals surface area contributed by atoms with Crippen molar-refractivity contribution in [3.63, 3.8) is 0 Å². The summed E-state index contributed by atoms with van der Waals surface area (Å²) in [5.74, 6) is 1.46. The first kappa shape index (κ1) is 13.1. The fourth-order valence-corrected chi connectivity index (χ4v) is 2.09. The number of hydrogen-bond donors (Lipinski definition) is 0. The summed E-state index contributed by atoms with van der Waals surface area (Å²) in [7, 11) is 0. The summed E-state index contributed by atoms with van der Waals surface area (Å²) in [6, 6.07) is 0. The van der Waals surface area contributed by atoms with Crippen molar-refractivity contribution < 1.29 is 4.74 Å². The van der Waals surface area contributed by atoms with E-state index in [4.69, 9.17) is 16.3 Å². The summed E-state index contributed by atoms with van der Waals surface area (Å²) in [4.78, 5) is 14.7. The molecule has 1 aliphatic rings. The van der Waals surface area contributed by atoms with Gasteiger partial charge in [0, 0.05) is 13.1 Å². The van der Waals surface area contributed by atoms with Gasteiger partial charge in [0.05, 0.1) is 6.61 Å². The van der Waals surface area contributed by atoms with E-state index in [-0.39, 0.29) is 5.28 Å². The van der Waals surface area contributed by atoms with Crippen LogP contribution in [0.25, 0.3) is 5.76 Å². The van der Waals surface area contributed by atoms with Crippen molar-refractivity contribution >= 4 is 23.3 Å². The molecule has 0 radical (unpaired) electrons. The van der Waals surface area contributed by atoms with E-state index in [2.05, 4.69) is 26.4 Å². The Morgan fingerprint density at radius 2 is 2.00 bits per heavy atom. The van der Waals surface area contributed by atoms with E-state index >= 15 is 0 Å². The molecule has 6 heteroatoms. The molecule has 1 saturated heterocycles. The number of rotatable bonds is 4. The van der Waals surface area contributed by atoms with Crippen molar-refractivity contribution in [2.24, 2.45) is 0 Å². The van der Waals surface area contributed by atoms with Gasteiger partial charge in [-0.15, -0.1) is 0 Å². The molecule has 0 bridgehead atoms. The number of piperidine rings is 1. The molecule has 0 spiro atoms. The second-order valence-electron chi connectivity index (χ2n) is 4.13. The number of nitrogens with zero attached hydrogens (tertiary/aromatic N) is 4. The lowest BCUT2D eigenvalue weighted by Gasteiger charge is -2.26. The summed E-state index contributed by atoms with van der Waals surface area (Å²) < 4.78 is 5.30. The number of anilines is 1. The molecule has 5 nitrogen and oxygen atoms in total. The maximum absolute atomic E-state index is 5.93. The summed E-state index contributed by atoms with van der Waals surface area (Å²) >= 11 is 5.93. The van der Waals surface area contributed by atoms with Crippen LogP contribution in [0.5, 0.6) is 0 Å². The van der Waals surface area contributed by atoms with Crippen LogP contribution in [-0.2, 0) is 4.74 Å². The van der Waals surface area contributed by atoms with E-state index in [1.54, 1.807) is 0 Å². The second kappa shape index (κ2) is 6.00. The Kier molecular flexibility index (Phi) is 4.36. The van der Waals surface area contributed by atoms with Crippen LogP contribution in [0, 0.1) is 0 Å². The number of halogens is 1. The molecule has 0 N–H and O–H groups in total. The predicted molar refractivity (Wildman–Crippen MR) is 71.6 cm³/mol. The maximum Gasteiger partial charge on any atom is 0.230 e. The molecule has 98 valence electrons. The lowest BCUT2D eigenvalue weighted by molar-refractivity contribution is 0.296. The van der Waals surface area contributed by atoms with Crippen molar-refractivity contribution in [2.75, 3.05) is 24.6 Å². The third kappa shape index (κ3) is 3.10. The molecule has 1 aliphatic heterocycles. The van der Waals surface area contributed by atoms with Crippen LogP contribution in [0.15, 0.2) is 6.58 Å². The van der Waals surface area contributed by atoms with Gasteiger partial charge >= 0.3 is 0 Å². The van der Waals surface area contributed by atoms with E-state index in [1.807, 2.05) is 6.92 Å². The Morgan fingerprint density at radius 1 is 1.28 bits per heavy atom. The Labute approximate surface area is 112 Å². The lowest BCUT2D eigenvalue weighted by Crippen LogP contribution is -2.31. The minimum absolute atomic E-state index is 0.182. The Balaban J connectivity index is 2.22. The quantitative estimate of drug-likeness (QED) is 0.786. The van der Waals surface area contributed by atoms with Crippen molar-refractivity contribution in [1.29, 1.82) is 0 Å². The van der Waals surface area contributed by atoms with Crippen LogP contribution in [0.2, 0.25) is 5.28 Å². The second-order valence-corrected chi connectivity index (χ2v) is 4.47. The molecule has 0 unspecified atom stereocenters. The van der Waals surface area contributed by atoms with Gasteiger partial charge < -0.3 is 9.64 Å². The Hall–Kier alpha value is -1.36. The van der Waals surface area contributed by atoms with Gasteiger partial charge in [-0.2, -0.15) is 15.0 Å². The molecule has 2 heterocycles. The molecular formula is C12H17ClN4O. The van der Waals surface area contributed by atoms with E-state index in [1.165, 1.54) is 6.42 Å². The third-order valence-electron chi connectivity index (χ3n) is 2.80. The molecule has 0 amide bonds. The van der Waals surface area contributed by atoms with Gasteiger partial charge in [-0.3, -0.25) is 0 Å². The van der Waals surface area contributed by atoms with Gasteiger partial charge in [0.1, 0.15) is 0 Å². The third-order valence-corrected chi connectivity index (χ3v) is 2.97. The van der Waals surface area contributed by atoms with Gasteiger partial charge in [-0.05, 0) is 37.8 Å². The van der Waals surface area contributed by atoms with Gasteiger partial charge in [0.2, 0.25) is 17.1 Å². The highest BCUT2D eigenvalue weighted by Crippen LogP contribution is 2.19. The zero-order valence-corrected chi connectivity index (χ0v) is 11.3. The molecule has 1 aromatic rings. The number of ether oxygens (including phenoxy) is 1. The highest BCUT2D eigenvalue weighted by molar-refractivity contribution is 6.28. The fourth-order valence-electron chi connectivity index (χ4n) is 1.94. The first-order valence-electron chi connectivity index (χ1n) is 6.19. The molecule has 2 rings (SSSR count). The molecule has 0 aliphatic carbocycles. The zero-order valence-electron chi connectivity index (χ0n) is 10.5. The average molecular weight is 269 g/mol. The van der Waals surface area contributed by atoms with E-state index in [0.29, 0.717) is 24.1 Å². The lowest BCUT2D eigenvalue weighted by atomic mass is 10.1. The van der Waals surface area contributed by atoms with Crippen molar-refractivity contribution in [2.45, 2.75) is 26.2 Å². The largest absolute Gasteiger partial charge is 0.491 e. The fraction of sp³-hybridized carbons (Fsp3) is 0.583. The topological polar surface area (TPSA) is 51.1 Å². The smallest absolute Gasteiger partial charge is 0.230 e. The van der Waals surface area contributed by atoms with Crippen LogP contribution in [-0.4, -0.2) is 34.6 Å². The normalized spacial score (nSPS) is 15.6. The summed E-state index contributed by atoms with van der Waals surface area (Å²) in [6.07, 6.45) is 3.57. The van der Waals surface area contributed by atoms with E-state index < -0.39 is 0 Å². The standard InChI is InChI=1S/C12H17ClN4O/c1-3-18-9(2)10-14-11(13)16-12(15-10)17-7-5-4-6-8-17/h2-8H2,1H3. The molecule has 0 atom stereocenters. The summed E-state index contributed by atoms with van der Waals surface area (Å²) in [6.45, 7) is 8.13. The van der Waals surface area contributed by atoms with Crippen molar-refractivity contribution in [3.8, 4) is 0 Å². The maximum atomic E-state index is 5.93. The van der Waals surface area contributed by atoms with Gasteiger partial charge in [0.25, 0.3) is 0 Å². The monoisotopic (exact) mass is 268 g/mol. The predicted octanol–water partition coefficient (Wildman–Crippen LogP) is 2.52. The van der Waals surface area contributed by atoms with Crippen LogP contribution >= 0.6 is 11.6 Å². The number of hydrogen-bond acceptors (Lipinski definition) is 5. The van der Waals surface area contributed by atoms with Crippen LogP contribution < -0.4 is 4.90 Å². The zero-order chi connectivity index (χ0) is 13.0. The van der Waals surface area contributed by atoms with Crippen LogP contribution in [0.4, 0.5) is 5.95 Å². The molecule has 1 fully saturated rings. The summed E-state index contributed by atoms with van der Waals surface area (Å²) in [5.41, 5.74) is 0. The molecule has 18 heavy (non-hydrogen) atoms. The highest BCUT2D eigenvalue weighted by Gasteiger charge is 2.16. The average Bonchev–Trinajstić information content (AvgIpc) is 2.39. The molecule has 1 aromatic heterocycles. The minimum atomic E-state index is 0.182. The van der Waals surface area contributed by atoms with Gasteiger partial charge in [-0.25, -0.2) is 0 Å². The number of aromatic nitrogens is 3. The van der Waals surface area contributed by atoms with E-state index in [0.717, 1.165) is 25.9 Å². The first-order chi connectivity index (χ1) is 8.70. The minimum Gasteiger partial charge on any atom is -0.491 e. The SMILES string of the molecule is C=C(OCC)c1nc(Cl)nc(N2CCCCC2)n1. The molecule has 0 aromatic carbocycles. The van der Waals surface area contributed by atoms with Gasteiger partial charge in [-0.1, -0.05) is 6.58 Å². The van der Waals surface area contributed by atoms with Crippen LogP contribution in [0.1, 0.15) is 32.0 Å². The summed E-state index contributed by atoms with van der Waals surface area (Å²) in [5, 5.41) is 0.182. The van der Waals surface area contributed by atoms with Crippen LogP contribution in [0.3, 0.4) is 0 Å². The van der Waals surface area contributed by atoms with E-state index in [9.17, 15) is 0 Å². The van der Waals surface area contributed by atoms with Crippen molar-refractivity contribution in [3.05, 3.63) is 17.7 Å². The highest BCUT2D eigenvalue weighted by atomic mass is 35.5.